The van der Waals surface area contributed by atoms with Gasteiger partial charge in [0.15, 0.2) is 5.76 Å². The van der Waals surface area contributed by atoms with Gasteiger partial charge in [-0.05, 0) is 29.3 Å². The number of phenols is 1. The van der Waals surface area contributed by atoms with Gasteiger partial charge in [-0.1, -0.05) is 78.0 Å². The smallest absolute Gasteiger partial charge is 0.383 e. The largest absolute Gasteiger partial charge is 0.508 e. The zero-order valence-corrected chi connectivity index (χ0v) is 19.3. The Hall–Kier alpha value is -4.85. The predicted molar refractivity (Wildman–Crippen MR) is 131 cm³/mol. The number of carbonyl (C=O) groups is 1. The molecule has 8 nitrogen and oxygen atoms in total. The summed E-state index contributed by atoms with van der Waals surface area (Å²) in [6.45, 7) is 0.721. The first-order valence-corrected chi connectivity index (χ1v) is 11.4. The van der Waals surface area contributed by atoms with Crippen LogP contribution in [0.1, 0.15) is 11.1 Å². The summed E-state index contributed by atoms with van der Waals surface area (Å²) in [4.78, 5) is 12.7. The molecule has 4 aromatic rings. The minimum absolute atomic E-state index is 0.0278. The fourth-order valence-electron chi connectivity index (χ4n) is 3.61. The molecule has 8 heteroatoms. The normalized spacial score (nSPS) is 14.2. The highest BCUT2D eigenvalue weighted by atomic mass is 16.6. The van der Waals surface area contributed by atoms with Crippen LogP contribution in [-0.4, -0.2) is 26.1 Å². The molecular weight excluding hydrogens is 458 g/mol. The summed E-state index contributed by atoms with van der Waals surface area (Å²) in [5.41, 5.74) is 3.21. The molecule has 0 amide bonds. The van der Waals surface area contributed by atoms with Crippen molar-refractivity contribution in [3.05, 3.63) is 126 Å². The van der Waals surface area contributed by atoms with Gasteiger partial charge in [0.2, 0.25) is 5.76 Å². The number of allylic oxidation sites excluding steroid dienone is 1. The summed E-state index contributed by atoms with van der Waals surface area (Å²) < 4.78 is 18.9. The Bertz CT molecular complexity index is 1410. The standard InChI is InChI=1S/C28H23N3O5/c32-23-13-7-12-22(16-23)24-17-31(30-29-24)15-14-25-26(34-18-20-8-3-1-4-9-20)27(28(33)36-25)35-19-21-10-5-2-6-11-21/h1-14,16-17,32H,15,18-19H2/b25-14-. The number of cyclic esters (lactones) is 1. The molecule has 1 N–H and O–H groups in total. The van der Waals surface area contributed by atoms with Gasteiger partial charge in [-0.25, -0.2) is 9.48 Å². The first-order valence-electron chi connectivity index (χ1n) is 11.4. The van der Waals surface area contributed by atoms with Crippen LogP contribution >= 0.6 is 0 Å². The number of aromatic hydroxyl groups is 1. The number of ether oxygens (including phenoxy) is 3. The molecule has 0 atom stereocenters. The predicted octanol–water partition coefficient (Wildman–Crippen LogP) is 4.74. The third kappa shape index (κ3) is 5.44. The van der Waals surface area contributed by atoms with Gasteiger partial charge in [0.05, 0.1) is 12.7 Å². The number of hydrogen-bond donors (Lipinski definition) is 1. The number of hydrogen-bond acceptors (Lipinski definition) is 7. The van der Waals surface area contributed by atoms with E-state index in [1.54, 1.807) is 35.2 Å². The number of aromatic nitrogens is 3. The van der Waals surface area contributed by atoms with Crippen molar-refractivity contribution in [2.45, 2.75) is 19.8 Å². The van der Waals surface area contributed by atoms with Crippen LogP contribution in [0, 0.1) is 0 Å². The third-order valence-corrected chi connectivity index (χ3v) is 5.41. The molecule has 1 aromatic heterocycles. The van der Waals surface area contributed by atoms with Crippen LogP contribution in [0.4, 0.5) is 0 Å². The number of esters is 1. The number of carbonyl (C=O) groups excluding carboxylic acids is 1. The van der Waals surface area contributed by atoms with Crippen molar-refractivity contribution in [1.82, 2.24) is 15.0 Å². The SMILES string of the molecule is O=C1O/C(=C\Cn2cc(-c3cccc(O)c3)nn2)C(OCc2ccccc2)=C1OCc1ccccc1. The average molecular weight is 482 g/mol. The molecule has 0 saturated heterocycles. The zero-order chi connectivity index (χ0) is 24.7. The lowest BCUT2D eigenvalue weighted by Gasteiger charge is -2.10. The first kappa shape index (κ1) is 22.9. The molecule has 0 unspecified atom stereocenters. The topological polar surface area (TPSA) is 95.7 Å². The van der Waals surface area contributed by atoms with Gasteiger partial charge in [-0.2, -0.15) is 0 Å². The zero-order valence-electron chi connectivity index (χ0n) is 19.3. The molecule has 0 saturated carbocycles. The second-order valence-electron chi connectivity index (χ2n) is 8.04. The van der Waals surface area contributed by atoms with Gasteiger partial charge in [0.1, 0.15) is 24.7 Å². The second-order valence-corrected chi connectivity index (χ2v) is 8.04. The number of nitrogens with zero attached hydrogens (tertiary/aromatic N) is 3. The van der Waals surface area contributed by atoms with Crippen LogP contribution in [0.3, 0.4) is 0 Å². The monoisotopic (exact) mass is 481 g/mol. The fourth-order valence-corrected chi connectivity index (χ4v) is 3.61. The van der Waals surface area contributed by atoms with Crippen molar-refractivity contribution in [2.24, 2.45) is 0 Å². The number of rotatable bonds is 9. The molecular formula is C28H23N3O5. The van der Waals surface area contributed by atoms with Crippen LogP contribution in [0.5, 0.6) is 5.75 Å². The molecule has 1 aliphatic heterocycles. The molecule has 0 bridgehead atoms. The number of phenolic OH excluding ortho intramolecular Hbond substituents is 1. The molecule has 0 fully saturated rings. The van der Waals surface area contributed by atoms with E-state index in [-0.39, 0.29) is 42.8 Å². The van der Waals surface area contributed by atoms with Gasteiger partial charge < -0.3 is 19.3 Å². The molecule has 36 heavy (non-hydrogen) atoms. The van der Waals surface area contributed by atoms with Crippen LogP contribution in [0.2, 0.25) is 0 Å². The van der Waals surface area contributed by atoms with Gasteiger partial charge >= 0.3 is 5.97 Å². The van der Waals surface area contributed by atoms with Crippen molar-refractivity contribution in [1.29, 1.82) is 0 Å². The summed E-state index contributed by atoms with van der Waals surface area (Å²) in [6, 6.07) is 26.0. The Labute approximate surface area is 207 Å². The Morgan fingerprint density at radius 3 is 2.19 bits per heavy atom. The van der Waals surface area contributed by atoms with Crippen molar-refractivity contribution < 1.29 is 24.1 Å². The maximum Gasteiger partial charge on any atom is 0.383 e. The van der Waals surface area contributed by atoms with Gasteiger partial charge in [-0.15, -0.1) is 5.10 Å². The lowest BCUT2D eigenvalue weighted by molar-refractivity contribution is -0.136. The van der Waals surface area contributed by atoms with E-state index in [1.165, 1.54) is 0 Å². The maximum absolute atomic E-state index is 12.7. The van der Waals surface area contributed by atoms with Gasteiger partial charge in [0.25, 0.3) is 5.76 Å². The Kier molecular flexibility index (Phi) is 6.75. The minimum Gasteiger partial charge on any atom is -0.508 e. The lowest BCUT2D eigenvalue weighted by Crippen LogP contribution is -2.04. The summed E-state index contributed by atoms with van der Waals surface area (Å²) in [6.07, 6.45) is 3.43. The summed E-state index contributed by atoms with van der Waals surface area (Å²) in [5, 5.41) is 18.0. The molecule has 0 aliphatic carbocycles. The van der Waals surface area contributed by atoms with E-state index < -0.39 is 5.97 Å². The molecule has 2 heterocycles. The lowest BCUT2D eigenvalue weighted by atomic mass is 10.1. The third-order valence-electron chi connectivity index (χ3n) is 5.41. The molecule has 3 aromatic carbocycles. The molecule has 180 valence electrons. The van der Waals surface area contributed by atoms with Crippen molar-refractivity contribution in [3.63, 3.8) is 0 Å². The van der Waals surface area contributed by atoms with Gasteiger partial charge in [0, 0.05) is 5.56 Å². The van der Waals surface area contributed by atoms with Crippen LogP contribution in [0.25, 0.3) is 11.3 Å². The van der Waals surface area contributed by atoms with E-state index in [0.717, 1.165) is 16.7 Å². The van der Waals surface area contributed by atoms with E-state index >= 15 is 0 Å². The fraction of sp³-hybridized carbons (Fsp3) is 0.107. The molecule has 5 rings (SSSR count). The highest BCUT2D eigenvalue weighted by Gasteiger charge is 2.34. The summed E-state index contributed by atoms with van der Waals surface area (Å²) >= 11 is 0. The molecule has 0 spiro atoms. The average Bonchev–Trinajstić information content (AvgIpc) is 3.50. The second kappa shape index (κ2) is 10.6. The van der Waals surface area contributed by atoms with Crippen LogP contribution in [0.15, 0.2) is 114 Å². The minimum atomic E-state index is -0.612. The highest BCUT2D eigenvalue weighted by molar-refractivity contribution is 5.91. The maximum atomic E-state index is 12.7. The van der Waals surface area contributed by atoms with E-state index in [9.17, 15) is 9.90 Å². The van der Waals surface area contributed by atoms with Crippen LogP contribution < -0.4 is 0 Å². The summed E-state index contributed by atoms with van der Waals surface area (Å²) in [7, 11) is 0. The van der Waals surface area contributed by atoms with E-state index in [2.05, 4.69) is 10.3 Å². The van der Waals surface area contributed by atoms with Crippen molar-refractivity contribution in [2.75, 3.05) is 0 Å². The molecule has 1 aliphatic rings. The van der Waals surface area contributed by atoms with Crippen molar-refractivity contribution >= 4 is 5.97 Å². The van der Waals surface area contributed by atoms with E-state index in [0.29, 0.717) is 5.69 Å². The van der Waals surface area contributed by atoms with E-state index in [4.69, 9.17) is 14.2 Å². The van der Waals surface area contributed by atoms with Gasteiger partial charge in [-0.3, -0.25) is 0 Å². The number of benzene rings is 3. The highest BCUT2D eigenvalue weighted by Crippen LogP contribution is 2.30. The first-order chi connectivity index (χ1) is 17.7. The quantitative estimate of drug-likeness (QED) is 0.345. The summed E-state index contributed by atoms with van der Waals surface area (Å²) in [5.74, 6) is 0.0660. The Morgan fingerprint density at radius 1 is 0.861 bits per heavy atom. The Balaban J connectivity index is 1.36. The van der Waals surface area contributed by atoms with Crippen molar-refractivity contribution in [3.8, 4) is 17.0 Å². The molecule has 0 radical (unpaired) electrons. The van der Waals surface area contributed by atoms with Crippen LogP contribution in [-0.2, 0) is 38.8 Å². The Morgan fingerprint density at radius 2 is 1.53 bits per heavy atom. The van der Waals surface area contributed by atoms with E-state index in [1.807, 2.05) is 66.7 Å².